The molecule has 4 rings (SSSR count). The highest BCUT2D eigenvalue weighted by Crippen LogP contribution is 2.42. The Morgan fingerprint density at radius 2 is 1.85 bits per heavy atom. The van der Waals surface area contributed by atoms with Crippen LogP contribution in [0.5, 0.6) is 0 Å². The fraction of sp³-hybridized carbons (Fsp3) is 0.200. The molecule has 1 aliphatic heterocycles. The van der Waals surface area contributed by atoms with E-state index < -0.39 is 4.92 Å². The van der Waals surface area contributed by atoms with Crippen molar-refractivity contribution in [2.24, 2.45) is 0 Å². The number of nitrogens with one attached hydrogen (secondary N) is 1. The van der Waals surface area contributed by atoms with E-state index in [9.17, 15) is 14.9 Å². The number of nitro groups is 1. The van der Waals surface area contributed by atoms with Crippen LogP contribution in [0.15, 0.2) is 54.6 Å². The molecule has 1 N–H and O–H groups in total. The van der Waals surface area contributed by atoms with Gasteiger partial charge in [-0.1, -0.05) is 37.3 Å². The zero-order valence-corrected chi connectivity index (χ0v) is 14.8. The van der Waals surface area contributed by atoms with Crippen molar-refractivity contribution in [3.63, 3.8) is 0 Å². The van der Waals surface area contributed by atoms with Gasteiger partial charge in [-0.15, -0.1) is 0 Å². The average molecular weight is 362 g/mol. The van der Waals surface area contributed by atoms with Gasteiger partial charge < -0.3 is 4.90 Å². The first-order valence-corrected chi connectivity index (χ1v) is 8.80. The van der Waals surface area contributed by atoms with E-state index in [4.69, 9.17) is 0 Å². The minimum atomic E-state index is -0.425. The van der Waals surface area contributed by atoms with Crippen molar-refractivity contribution in [3.05, 3.63) is 81.5 Å². The Labute approximate surface area is 155 Å². The Morgan fingerprint density at radius 3 is 2.48 bits per heavy atom. The van der Waals surface area contributed by atoms with Crippen LogP contribution in [0.25, 0.3) is 11.3 Å². The SMILES string of the molecule is CCCN1C(=O)c2[nH]nc(-c3ccccc3)c2C1c1ccc([N+](=O)[O-])cc1. The molecule has 0 radical (unpaired) electrons. The van der Waals surface area contributed by atoms with E-state index in [2.05, 4.69) is 10.2 Å². The third-order valence-electron chi connectivity index (χ3n) is 4.80. The van der Waals surface area contributed by atoms with Gasteiger partial charge in [0.25, 0.3) is 11.6 Å². The maximum atomic E-state index is 12.9. The third-order valence-corrected chi connectivity index (χ3v) is 4.80. The van der Waals surface area contributed by atoms with E-state index in [1.54, 1.807) is 17.0 Å². The van der Waals surface area contributed by atoms with Gasteiger partial charge in [0.05, 0.1) is 16.7 Å². The number of H-pyrrole nitrogens is 1. The molecular formula is C20H18N4O3. The Balaban J connectivity index is 1.86. The molecule has 0 bridgehead atoms. The molecule has 7 nitrogen and oxygen atoms in total. The van der Waals surface area contributed by atoms with Crippen molar-refractivity contribution in [3.8, 4) is 11.3 Å². The Hall–Kier alpha value is -3.48. The van der Waals surface area contributed by atoms with E-state index in [0.29, 0.717) is 12.2 Å². The minimum Gasteiger partial charge on any atom is -0.326 e. The van der Waals surface area contributed by atoms with E-state index in [1.165, 1.54) is 12.1 Å². The zero-order chi connectivity index (χ0) is 19.0. The van der Waals surface area contributed by atoms with Crippen molar-refractivity contribution in [1.29, 1.82) is 0 Å². The summed E-state index contributed by atoms with van der Waals surface area (Å²) < 4.78 is 0. The molecule has 1 aromatic heterocycles. The maximum Gasteiger partial charge on any atom is 0.273 e. The maximum absolute atomic E-state index is 12.9. The van der Waals surface area contributed by atoms with E-state index >= 15 is 0 Å². The number of nitro benzene ring substituents is 1. The smallest absolute Gasteiger partial charge is 0.273 e. The van der Waals surface area contributed by atoms with Crippen molar-refractivity contribution in [2.45, 2.75) is 19.4 Å². The van der Waals surface area contributed by atoms with Crippen LogP contribution in [-0.4, -0.2) is 32.5 Å². The highest BCUT2D eigenvalue weighted by molar-refractivity contribution is 6.00. The molecule has 1 unspecified atom stereocenters. The number of rotatable bonds is 5. The molecule has 1 amide bonds. The number of nitrogens with zero attached hydrogens (tertiary/aromatic N) is 3. The first-order valence-electron chi connectivity index (χ1n) is 8.80. The predicted molar refractivity (Wildman–Crippen MR) is 100 cm³/mol. The monoisotopic (exact) mass is 362 g/mol. The summed E-state index contributed by atoms with van der Waals surface area (Å²) in [7, 11) is 0. The molecule has 1 atom stereocenters. The molecule has 0 saturated carbocycles. The second-order valence-electron chi connectivity index (χ2n) is 6.48. The molecule has 7 heteroatoms. The van der Waals surface area contributed by atoms with Crippen molar-refractivity contribution >= 4 is 11.6 Å². The van der Waals surface area contributed by atoms with Gasteiger partial charge in [0.1, 0.15) is 5.69 Å². The van der Waals surface area contributed by atoms with Crippen LogP contribution < -0.4 is 0 Å². The summed E-state index contributed by atoms with van der Waals surface area (Å²) in [6.45, 7) is 2.61. The molecule has 0 aliphatic carbocycles. The number of hydrogen-bond donors (Lipinski definition) is 1. The molecule has 1 aliphatic rings. The number of hydrogen-bond acceptors (Lipinski definition) is 4. The van der Waals surface area contributed by atoms with Crippen LogP contribution in [0, 0.1) is 10.1 Å². The Kier molecular flexibility index (Phi) is 4.19. The van der Waals surface area contributed by atoms with Crippen LogP contribution in [0.4, 0.5) is 5.69 Å². The summed E-state index contributed by atoms with van der Waals surface area (Å²) in [4.78, 5) is 25.3. The second-order valence-corrected chi connectivity index (χ2v) is 6.48. The molecule has 0 spiro atoms. The quantitative estimate of drug-likeness (QED) is 0.550. The van der Waals surface area contributed by atoms with Crippen molar-refractivity contribution in [2.75, 3.05) is 6.54 Å². The molecule has 2 heterocycles. The summed E-state index contributed by atoms with van der Waals surface area (Å²) in [6, 6.07) is 15.8. The third kappa shape index (κ3) is 2.77. The summed E-state index contributed by atoms with van der Waals surface area (Å²) in [5.74, 6) is -0.0927. The zero-order valence-electron chi connectivity index (χ0n) is 14.8. The lowest BCUT2D eigenvalue weighted by Gasteiger charge is -2.25. The van der Waals surface area contributed by atoms with Gasteiger partial charge in [-0.05, 0) is 24.1 Å². The lowest BCUT2D eigenvalue weighted by molar-refractivity contribution is -0.384. The van der Waals surface area contributed by atoms with Gasteiger partial charge in [-0.3, -0.25) is 20.0 Å². The van der Waals surface area contributed by atoms with Crippen LogP contribution in [0.3, 0.4) is 0 Å². The first kappa shape index (κ1) is 17.0. The van der Waals surface area contributed by atoms with Crippen LogP contribution >= 0.6 is 0 Å². The van der Waals surface area contributed by atoms with Crippen LogP contribution in [-0.2, 0) is 0 Å². The molecule has 0 fully saturated rings. The summed E-state index contributed by atoms with van der Waals surface area (Å²) in [5, 5.41) is 18.3. The highest BCUT2D eigenvalue weighted by Gasteiger charge is 2.41. The molecule has 2 aromatic carbocycles. The molecule has 0 saturated heterocycles. The van der Waals surface area contributed by atoms with Gasteiger partial charge in [-0.25, -0.2) is 0 Å². The van der Waals surface area contributed by atoms with Crippen molar-refractivity contribution < 1.29 is 9.72 Å². The largest absolute Gasteiger partial charge is 0.326 e. The van der Waals surface area contributed by atoms with Crippen LogP contribution in [0.2, 0.25) is 0 Å². The second kappa shape index (κ2) is 6.68. The fourth-order valence-corrected chi connectivity index (χ4v) is 3.61. The highest BCUT2D eigenvalue weighted by atomic mass is 16.6. The van der Waals surface area contributed by atoms with E-state index in [1.807, 2.05) is 37.3 Å². The van der Waals surface area contributed by atoms with Crippen molar-refractivity contribution in [1.82, 2.24) is 15.1 Å². The summed E-state index contributed by atoms with van der Waals surface area (Å²) in [6.07, 6.45) is 0.813. The standard InChI is InChI=1S/C20H18N4O3/c1-2-12-23-19(14-8-10-15(11-9-14)24(26)27)16-17(13-6-4-3-5-7-13)21-22-18(16)20(23)25/h3-11,19H,2,12H2,1H3,(H,21,22). The minimum absolute atomic E-state index is 0.0285. The lowest BCUT2D eigenvalue weighted by Crippen LogP contribution is -2.30. The number of aromatic nitrogens is 2. The van der Waals surface area contributed by atoms with Gasteiger partial charge >= 0.3 is 0 Å². The lowest BCUT2D eigenvalue weighted by atomic mass is 9.96. The first-order chi connectivity index (χ1) is 13.1. The number of carbonyl (C=O) groups is 1. The number of benzene rings is 2. The normalized spacial score (nSPS) is 15.8. The van der Waals surface area contributed by atoms with E-state index in [0.717, 1.165) is 28.8 Å². The number of aromatic amines is 1. The Morgan fingerprint density at radius 1 is 1.15 bits per heavy atom. The van der Waals surface area contributed by atoms with Gasteiger partial charge in [0, 0.05) is 29.8 Å². The summed E-state index contributed by atoms with van der Waals surface area (Å²) in [5.41, 5.74) is 3.84. The topological polar surface area (TPSA) is 92.1 Å². The van der Waals surface area contributed by atoms with Gasteiger partial charge in [-0.2, -0.15) is 5.10 Å². The predicted octanol–water partition coefficient (Wildman–Crippen LogP) is 3.94. The molecule has 27 heavy (non-hydrogen) atoms. The number of carbonyl (C=O) groups excluding carboxylic acids is 1. The van der Waals surface area contributed by atoms with Crippen LogP contribution in [0.1, 0.15) is 41.0 Å². The van der Waals surface area contributed by atoms with E-state index in [-0.39, 0.29) is 17.6 Å². The van der Waals surface area contributed by atoms with Gasteiger partial charge in [0.2, 0.25) is 0 Å². The fourth-order valence-electron chi connectivity index (χ4n) is 3.61. The number of fused-ring (bicyclic) bond motifs is 1. The average Bonchev–Trinajstić information content (AvgIpc) is 3.23. The molecule has 3 aromatic rings. The molecular weight excluding hydrogens is 344 g/mol. The molecule has 136 valence electrons. The number of amides is 1. The Bertz CT molecular complexity index is 996. The summed E-state index contributed by atoms with van der Waals surface area (Å²) >= 11 is 0. The number of non-ortho nitro benzene ring substituents is 1. The van der Waals surface area contributed by atoms with Gasteiger partial charge in [0.15, 0.2) is 0 Å².